The smallest absolute Gasteiger partial charge is 0.220 e. The molecule has 0 bridgehead atoms. The number of carbonyl (C=O) groups excluding carboxylic acids is 1. The van der Waals surface area contributed by atoms with E-state index in [0.29, 0.717) is 13.0 Å². The Hall–Kier alpha value is -0.220. The summed E-state index contributed by atoms with van der Waals surface area (Å²) in [6.07, 6.45) is 5.06. The minimum absolute atomic E-state index is 0.104. The molecule has 0 aromatic carbocycles. The molecule has 0 aromatic rings. The van der Waals surface area contributed by atoms with Gasteiger partial charge in [0.1, 0.15) is 0 Å². The SMILES string of the molecule is O=C(CCC1CC1)NCC1(O)CCSC1. The average molecular weight is 229 g/mol. The van der Waals surface area contributed by atoms with Gasteiger partial charge in [0, 0.05) is 18.7 Å². The maximum atomic E-state index is 11.4. The molecule has 86 valence electrons. The van der Waals surface area contributed by atoms with Crippen molar-refractivity contribution in [1.82, 2.24) is 5.32 Å². The van der Waals surface area contributed by atoms with Crippen LogP contribution >= 0.6 is 11.8 Å². The van der Waals surface area contributed by atoms with Gasteiger partial charge in [-0.3, -0.25) is 4.79 Å². The van der Waals surface area contributed by atoms with Crippen molar-refractivity contribution >= 4 is 17.7 Å². The molecule has 1 unspecified atom stereocenters. The monoisotopic (exact) mass is 229 g/mol. The second kappa shape index (κ2) is 4.74. The first-order valence-corrected chi connectivity index (χ1v) is 6.90. The van der Waals surface area contributed by atoms with Crippen LogP contribution in [-0.4, -0.2) is 34.7 Å². The highest BCUT2D eigenvalue weighted by Crippen LogP contribution is 2.33. The van der Waals surface area contributed by atoms with E-state index in [9.17, 15) is 9.90 Å². The summed E-state index contributed by atoms with van der Waals surface area (Å²) in [5, 5.41) is 12.8. The van der Waals surface area contributed by atoms with Gasteiger partial charge in [-0.2, -0.15) is 11.8 Å². The van der Waals surface area contributed by atoms with Gasteiger partial charge in [-0.15, -0.1) is 0 Å². The summed E-state index contributed by atoms with van der Waals surface area (Å²) < 4.78 is 0. The van der Waals surface area contributed by atoms with Crippen molar-refractivity contribution in [3.05, 3.63) is 0 Å². The zero-order valence-corrected chi connectivity index (χ0v) is 9.81. The molecule has 1 saturated heterocycles. The predicted octanol–water partition coefficient (Wildman–Crippen LogP) is 1.16. The van der Waals surface area contributed by atoms with Gasteiger partial charge in [-0.1, -0.05) is 12.8 Å². The first kappa shape index (κ1) is 11.3. The van der Waals surface area contributed by atoms with E-state index in [1.165, 1.54) is 12.8 Å². The van der Waals surface area contributed by atoms with Crippen molar-refractivity contribution in [3.63, 3.8) is 0 Å². The van der Waals surface area contributed by atoms with Crippen LogP contribution in [0.25, 0.3) is 0 Å². The Morgan fingerprint density at radius 2 is 2.33 bits per heavy atom. The third kappa shape index (κ3) is 3.68. The second-order valence-corrected chi connectivity index (χ2v) is 5.89. The third-order valence-corrected chi connectivity index (χ3v) is 4.41. The molecule has 1 atom stereocenters. The Morgan fingerprint density at radius 3 is 2.93 bits per heavy atom. The van der Waals surface area contributed by atoms with Gasteiger partial charge in [0.15, 0.2) is 0 Å². The normalized spacial score (nSPS) is 30.5. The molecule has 0 spiro atoms. The molecular formula is C11H19NO2S. The molecule has 1 saturated carbocycles. The number of hydrogen-bond acceptors (Lipinski definition) is 3. The van der Waals surface area contributed by atoms with Crippen LogP contribution in [0, 0.1) is 5.92 Å². The van der Waals surface area contributed by atoms with E-state index in [1.807, 2.05) is 0 Å². The van der Waals surface area contributed by atoms with Gasteiger partial charge >= 0.3 is 0 Å². The van der Waals surface area contributed by atoms with Crippen LogP contribution in [0.1, 0.15) is 32.1 Å². The predicted molar refractivity (Wildman–Crippen MR) is 61.9 cm³/mol. The zero-order valence-electron chi connectivity index (χ0n) is 9.00. The van der Waals surface area contributed by atoms with Crippen molar-refractivity contribution in [2.75, 3.05) is 18.1 Å². The number of amides is 1. The lowest BCUT2D eigenvalue weighted by molar-refractivity contribution is -0.122. The molecule has 15 heavy (non-hydrogen) atoms. The maximum Gasteiger partial charge on any atom is 0.220 e. The van der Waals surface area contributed by atoms with E-state index in [4.69, 9.17) is 0 Å². The average Bonchev–Trinajstić information content (AvgIpc) is 2.95. The summed E-state index contributed by atoms with van der Waals surface area (Å²) in [4.78, 5) is 11.4. The minimum Gasteiger partial charge on any atom is -0.387 e. The van der Waals surface area contributed by atoms with Crippen molar-refractivity contribution in [2.45, 2.75) is 37.7 Å². The fourth-order valence-corrected chi connectivity index (χ4v) is 3.12. The van der Waals surface area contributed by atoms with Gasteiger partial charge < -0.3 is 10.4 Å². The van der Waals surface area contributed by atoms with Crippen LogP contribution in [0.4, 0.5) is 0 Å². The quantitative estimate of drug-likeness (QED) is 0.744. The Morgan fingerprint density at radius 1 is 1.53 bits per heavy atom. The Balaban J connectivity index is 1.60. The Kier molecular flexibility index (Phi) is 3.57. The fraction of sp³-hybridized carbons (Fsp3) is 0.909. The van der Waals surface area contributed by atoms with Crippen molar-refractivity contribution < 1.29 is 9.90 Å². The van der Waals surface area contributed by atoms with E-state index < -0.39 is 5.60 Å². The summed E-state index contributed by atoms with van der Waals surface area (Å²) >= 11 is 1.76. The first-order chi connectivity index (χ1) is 7.18. The molecule has 1 aliphatic heterocycles. The summed E-state index contributed by atoms with van der Waals surface area (Å²) in [7, 11) is 0. The van der Waals surface area contributed by atoms with Crippen LogP contribution < -0.4 is 5.32 Å². The number of carbonyl (C=O) groups is 1. The summed E-state index contributed by atoms with van der Waals surface area (Å²) in [6.45, 7) is 0.434. The highest BCUT2D eigenvalue weighted by molar-refractivity contribution is 7.99. The highest BCUT2D eigenvalue weighted by atomic mass is 32.2. The van der Waals surface area contributed by atoms with Gasteiger partial charge in [-0.25, -0.2) is 0 Å². The topological polar surface area (TPSA) is 49.3 Å². The molecule has 2 fully saturated rings. The molecule has 2 aliphatic rings. The zero-order chi connectivity index (χ0) is 10.7. The molecule has 1 heterocycles. The van der Waals surface area contributed by atoms with Crippen LogP contribution in [0.2, 0.25) is 0 Å². The van der Waals surface area contributed by atoms with E-state index >= 15 is 0 Å². The minimum atomic E-state index is -0.639. The number of thioether (sulfide) groups is 1. The number of nitrogens with one attached hydrogen (secondary N) is 1. The Labute approximate surface area is 95.0 Å². The van der Waals surface area contributed by atoms with Gasteiger partial charge in [0.2, 0.25) is 5.91 Å². The number of aliphatic hydroxyl groups is 1. The maximum absolute atomic E-state index is 11.4. The highest BCUT2D eigenvalue weighted by Gasteiger charge is 2.32. The third-order valence-electron chi connectivity index (χ3n) is 3.17. The first-order valence-electron chi connectivity index (χ1n) is 5.75. The van der Waals surface area contributed by atoms with E-state index in [0.717, 1.165) is 30.3 Å². The standard InChI is InChI=1S/C11H19NO2S/c13-10(4-3-9-1-2-9)12-7-11(14)5-6-15-8-11/h9,14H,1-8H2,(H,12,13). The van der Waals surface area contributed by atoms with Crippen molar-refractivity contribution in [2.24, 2.45) is 5.92 Å². The molecule has 3 nitrogen and oxygen atoms in total. The fourth-order valence-electron chi connectivity index (χ4n) is 1.83. The molecule has 0 radical (unpaired) electrons. The summed E-state index contributed by atoms with van der Waals surface area (Å²) in [5.74, 6) is 2.68. The van der Waals surface area contributed by atoms with Crippen LogP contribution in [-0.2, 0) is 4.79 Å². The molecule has 0 aromatic heterocycles. The van der Waals surface area contributed by atoms with E-state index in [1.54, 1.807) is 11.8 Å². The largest absolute Gasteiger partial charge is 0.387 e. The van der Waals surface area contributed by atoms with Crippen LogP contribution in [0.5, 0.6) is 0 Å². The van der Waals surface area contributed by atoms with Crippen molar-refractivity contribution in [3.8, 4) is 0 Å². The molecule has 4 heteroatoms. The molecule has 2 rings (SSSR count). The molecule has 1 amide bonds. The number of rotatable bonds is 5. The number of hydrogen-bond donors (Lipinski definition) is 2. The van der Waals surface area contributed by atoms with E-state index in [2.05, 4.69) is 5.32 Å². The van der Waals surface area contributed by atoms with E-state index in [-0.39, 0.29) is 5.91 Å². The lowest BCUT2D eigenvalue weighted by atomic mass is 10.0. The van der Waals surface area contributed by atoms with Gasteiger partial charge in [-0.05, 0) is 24.5 Å². The van der Waals surface area contributed by atoms with Gasteiger partial charge in [0.25, 0.3) is 0 Å². The summed E-state index contributed by atoms with van der Waals surface area (Å²) in [5.41, 5.74) is -0.639. The van der Waals surface area contributed by atoms with Crippen LogP contribution in [0.15, 0.2) is 0 Å². The lowest BCUT2D eigenvalue weighted by Crippen LogP contribution is -2.42. The summed E-state index contributed by atoms with van der Waals surface area (Å²) in [6, 6.07) is 0. The lowest BCUT2D eigenvalue weighted by Gasteiger charge is -2.21. The second-order valence-electron chi connectivity index (χ2n) is 4.79. The van der Waals surface area contributed by atoms with Crippen molar-refractivity contribution in [1.29, 1.82) is 0 Å². The molecule has 2 N–H and O–H groups in total. The Bertz CT molecular complexity index is 235. The van der Waals surface area contributed by atoms with Gasteiger partial charge in [0.05, 0.1) is 5.60 Å². The van der Waals surface area contributed by atoms with Crippen LogP contribution in [0.3, 0.4) is 0 Å². The molecule has 1 aliphatic carbocycles. The molecular weight excluding hydrogens is 210 g/mol.